The first-order valence-corrected chi connectivity index (χ1v) is 8.38. The van der Waals surface area contributed by atoms with Crippen LogP contribution >= 0.6 is 0 Å². The van der Waals surface area contributed by atoms with Crippen LogP contribution in [0.5, 0.6) is 0 Å². The number of nitrogens with one attached hydrogen (secondary N) is 2. The Morgan fingerprint density at radius 1 is 1.33 bits per heavy atom. The number of nitro groups is 1. The lowest BCUT2D eigenvalue weighted by Gasteiger charge is -2.31. The maximum Gasteiger partial charge on any atom is 0.308 e. The molecule has 8 heteroatoms. The Morgan fingerprint density at radius 2 is 2.12 bits per heavy atom. The van der Waals surface area contributed by atoms with Gasteiger partial charge in [-0.05, 0) is 25.7 Å². The lowest BCUT2D eigenvalue weighted by molar-refractivity contribution is -0.386. The van der Waals surface area contributed by atoms with E-state index in [1.165, 1.54) is 25.5 Å². The molecule has 8 nitrogen and oxygen atoms in total. The van der Waals surface area contributed by atoms with E-state index in [-0.39, 0.29) is 5.69 Å². The van der Waals surface area contributed by atoms with Crippen molar-refractivity contribution in [2.75, 3.05) is 5.32 Å². The van der Waals surface area contributed by atoms with Gasteiger partial charge >= 0.3 is 5.69 Å². The zero-order valence-corrected chi connectivity index (χ0v) is 14.0. The monoisotopic (exact) mass is 330 g/mol. The molecule has 3 rings (SSSR count). The lowest BCUT2D eigenvalue weighted by Crippen LogP contribution is -2.32. The first-order valence-electron chi connectivity index (χ1n) is 8.38. The first-order chi connectivity index (χ1) is 11.6. The van der Waals surface area contributed by atoms with Gasteiger partial charge in [-0.25, -0.2) is 15.0 Å². The number of hydrogen-bond donors (Lipinski definition) is 2. The Bertz CT molecular complexity index is 729. The van der Waals surface area contributed by atoms with E-state index < -0.39 is 4.92 Å². The summed E-state index contributed by atoms with van der Waals surface area (Å²) in [6, 6.07) is 0.433. The van der Waals surface area contributed by atoms with Crippen molar-refractivity contribution in [2.24, 2.45) is 5.92 Å². The number of H-pyrrole nitrogens is 1. The summed E-state index contributed by atoms with van der Waals surface area (Å²) in [5, 5.41) is 14.3. The highest BCUT2D eigenvalue weighted by molar-refractivity contribution is 5.53. The van der Waals surface area contributed by atoms with Crippen molar-refractivity contribution in [1.82, 2.24) is 19.9 Å². The van der Waals surface area contributed by atoms with Crippen molar-refractivity contribution >= 4 is 11.6 Å². The summed E-state index contributed by atoms with van der Waals surface area (Å²) in [5.74, 6) is 1.79. The van der Waals surface area contributed by atoms with E-state index in [0.717, 1.165) is 12.8 Å². The van der Waals surface area contributed by atoms with Crippen molar-refractivity contribution in [3.05, 3.63) is 28.2 Å². The highest BCUT2D eigenvalue weighted by Crippen LogP contribution is 2.29. The van der Waals surface area contributed by atoms with Gasteiger partial charge < -0.3 is 10.3 Å². The van der Waals surface area contributed by atoms with Crippen LogP contribution in [0.15, 0.2) is 12.4 Å². The number of hydrogen-bond acceptors (Lipinski definition) is 6. The molecule has 0 spiro atoms. The Morgan fingerprint density at radius 3 is 2.83 bits per heavy atom. The standard InChI is InChI=1S/C16H22N6O2/c1-3-11-6-4-5-7-12(11)20-16-18-8-13(21-16)15-17-9-14(22(23)24)10(2)19-15/h8-9,11-12H,3-7H2,1-2H3,(H2,18,20,21). The van der Waals surface area contributed by atoms with Gasteiger partial charge in [0, 0.05) is 6.04 Å². The maximum atomic E-state index is 10.8. The second-order valence-electron chi connectivity index (χ2n) is 6.27. The lowest BCUT2D eigenvalue weighted by atomic mass is 9.83. The third-order valence-electron chi connectivity index (χ3n) is 4.72. The quantitative estimate of drug-likeness (QED) is 0.641. The molecule has 0 amide bonds. The smallest absolute Gasteiger partial charge is 0.308 e. The summed E-state index contributed by atoms with van der Waals surface area (Å²) in [6.07, 6.45) is 9.01. The van der Waals surface area contributed by atoms with Gasteiger partial charge in [-0.3, -0.25) is 10.1 Å². The van der Waals surface area contributed by atoms with Crippen molar-refractivity contribution < 1.29 is 4.92 Å². The minimum Gasteiger partial charge on any atom is -0.353 e. The Hall–Kier alpha value is -2.51. The van der Waals surface area contributed by atoms with Gasteiger partial charge in [0.1, 0.15) is 17.6 Å². The van der Waals surface area contributed by atoms with Gasteiger partial charge in [-0.1, -0.05) is 26.2 Å². The molecule has 0 saturated heterocycles. The Balaban J connectivity index is 1.75. The van der Waals surface area contributed by atoms with Gasteiger partial charge in [-0.2, -0.15) is 0 Å². The van der Waals surface area contributed by atoms with Crippen LogP contribution in [0, 0.1) is 23.0 Å². The van der Waals surface area contributed by atoms with Crippen molar-refractivity contribution in [2.45, 2.75) is 52.0 Å². The highest BCUT2D eigenvalue weighted by atomic mass is 16.6. The van der Waals surface area contributed by atoms with E-state index >= 15 is 0 Å². The third-order valence-corrected chi connectivity index (χ3v) is 4.72. The van der Waals surface area contributed by atoms with E-state index in [9.17, 15) is 10.1 Å². The molecule has 1 aliphatic carbocycles. The second-order valence-corrected chi connectivity index (χ2v) is 6.27. The second kappa shape index (κ2) is 6.94. The molecule has 0 bridgehead atoms. The molecule has 2 heterocycles. The van der Waals surface area contributed by atoms with E-state index in [1.54, 1.807) is 13.1 Å². The molecule has 2 atom stereocenters. The minimum absolute atomic E-state index is 0.0791. The number of anilines is 1. The minimum atomic E-state index is -0.479. The zero-order chi connectivity index (χ0) is 17.1. The molecule has 0 radical (unpaired) electrons. The number of aromatic nitrogens is 4. The van der Waals surface area contributed by atoms with Gasteiger partial charge in [0.25, 0.3) is 0 Å². The van der Waals surface area contributed by atoms with Gasteiger partial charge in [0.15, 0.2) is 5.82 Å². The molecule has 1 saturated carbocycles. The first kappa shape index (κ1) is 16.4. The summed E-state index contributed by atoms with van der Waals surface area (Å²) in [6.45, 7) is 3.83. The summed E-state index contributed by atoms with van der Waals surface area (Å²) in [5.41, 5.74) is 0.913. The summed E-state index contributed by atoms with van der Waals surface area (Å²) < 4.78 is 0. The van der Waals surface area contributed by atoms with E-state index in [2.05, 4.69) is 32.2 Å². The predicted octanol–water partition coefficient (Wildman–Crippen LogP) is 3.46. The van der Waals surface area contributed by atoms with Gasteiger partial charge in [0.2, 0.25) is 5.95 Å². The summed E-state index contributed by atoms with van der Waals surface area (Å²) >= 11 is 0. The fourth-order valence-corrected chi connectivity index (χ4v) is 3.34. The number of aryl methyl sites for hydroxylation is 1. The van der Waals surface area contributed by atoms with Crippen LogP contribution in [0.3, 0.4) is 0 Å². The number of aromatic amines is 1. The van der Waals surface area contributed by atoms with Crippen molar-refractivity contribution in [3.63, 3.8) is 0 Å². The van der Waals surface area contributed by atoms with Crippen LogP contribution in [0.1, 0.15) is 44.7 Å². The zero-order valence-electron chi connectivity index (χ0n) is 14.0. The molecule has 2 aromatic rings. The van der Waals surface area contributed by atoms with Crippen LogP contribution in [-0.2, 0) is 0 Å². The highest BCUT2D eigenvalue weighted by Gasteiger charge is 2.24. The number of imidazole rings is 1. The number of rotatable bonds is 5. The van der Waals surface area contributed by atoms with Crippen molar-refractivity contribution in [3.8, 4) is 11.5 Å². The molecule has 2 aromatic heterocycles. The molecular formula is C16H22N6O2. The molecule has 128 valence electrons. The predicted molar refractivity (Wildman–Crippen MR) is 90.7 cm³/mol. The van der Waals surface area contributed by atoms with E-state index in [4.69, 9.17) is 0 Å². The molecule has 0 aromatic carbocycles. The molecular weight excluding hydrogens is 308 g/mol. The van der Waals surface area contributed by atoms with Crippen LogP contribution in [0.4, 0.5) is 11.6 Å². The Kier molecular flexibility index (Phi) is 4.73. The summed E-state index contributed by atoms with van der Waals surface area (Å²) in [4.78, 5) is 26.2. The molecule has 1 fully saturated rings. The van der Waals surface area contributed by atoms with Crippen molar-refractivity contribution in [1.29, 1.82) is 0 Å². The largest absolute Gasteiger partial charge is 0.353 e. The average molecular weight is 330 g/mol. The third kappa shape index (κ3) is 3.37. The van der Waals surface area contributed by atoms with Crippen LogP contribution in [0.2, 0.25) is 0 Å². The van der Waals surface area contributed by atoms with E-state index in [0.29, 0.717) is 35.1 Å². The van der Waals surface area contributed by atoms with Crippen LogP contribution in [-0.4, -0.2) is 30.9 Å². The average Bonchev–Trinajstić information content (AvgIpc) is 3.03. The van der Waals surface area contributed by atoms with Crippen LogP contribution in [0.25, 0.3) is 11.5 Å². The Labute approximate surface area is 140 Å². The number of nitrogens with zero attached hydrogens (tertiary/aromatic N) is 4. The maximum absolute atomic E-state index is 10.8. The molecule has 1 aliphatic rings. The molecule has 2 unspecified atom stereocenters. The topological polar surface area (TPSA) is 110 Å². The molecule has 2 N–H and O–H groups in total. The SMILES string of the molecule is CCC1CCCCC1Nc1ncc(-c2ncc([N+](=O)[O-])c(C)n2)[nH]1. The van der Waals surface area contributed by atoms with Gasteiger partial charge in [-0.15, -0.1) is 0 Å². The normalized spacial score (nSPS) is 20.8. The van der Waals surface area contributed by atoms with E-state index in [1.807, 2.05) is 0 Å². The van der Waals surface area contributed by atoms with Gasteiger partial charge in [0.05, 0.1) is 11.1 Å². The fourth-order valence-electron chi connectivity index (χ4n) is 3.34. The molecule has 0 aliphatic heterocycles. The molecule has 24 heavy (non-hydrogen) atoms. The van der Waals surface area contributed by atoms with Crippen LogP contribution < -0.4 is 5.32 Å². The fraction of sp³-hybridized carbons (Fsp3) is 0.562. The summed E-state index contributed by atoms with van der Waals surface area (Å²) in [7, 11) is 0.